The van der Waals surface area contributed by atoms with Crippen LogP contribution in [0.5, 0.6) is 0 Å². The molecule has 1 saturated heterocycles. The quantitative estimate of drug-likeness (QED) is 0.634. The van der Waals surface area contributed by atoms with E-state index in [1.807, 2.05) is 25.1 Å². The van der Waals surface area contributed by atoms with Crippen molar-refractivity contribution in [2.75, 3.05) is 48.2 Å². The summed E-state index contributed by atoms with van der Waals surface area (Å²) < 4.78 is 25.7. The lowest BCUT2D eigenvalue weighted by Crippen LogP contribution is -2.52. The van der Waals surface area contributed by atoms with Crippen molar-refractivity contribution < 1.29 is 13.2 Å². The maximum Gasteiger partial charge on any atom is 0.243 e. The molecule has 1 aliphatic rings. The van der Waals surface area contributed by atoms with Gasteiger partial charge in [-0.3, -0.25) is 9.10 Å². The molecule has 0 saturated carbocycles. The predicted molar refractivity (Wildman–Crippen MR) is 124 cm³/mol. The Hall–Kier alpha value is -1.67. The van der Waals surface area contributed by atoms with Gasteiger partial charge >= 0.3 is 0 Å². The van der Waals surface area contributed by atoms with Crippen LogP contribution in [0.2, 0.25) is 15.1 Å². The number of benzene rings is 2. The maximum atomic E-state index is 12.9. The molecule has 6 nitrogen and oxygen atoms in total. The van der Waals surface area contributed by atoms with Crippen molar-refractivity contribution in [3.8, 4) is 0 Å². The summed E-state index contributed by atoms with van der Waals surface area (Å²) in [6.45, 7) is 3.92. The van der Waals surface area contributed by atoms with Gasteiger partial charge in [0.1, 0.15) is 6.54 Å². The third-order valence-electron chi connectivity index (χ3n) is 5.00. The van der Waals surface area contributed by atoms with Gasteiger partial charge in [-0.2, -0.15) is 0 Å². The van der Waals surface area contributed by atoms with Crippen LogP contribution in [0.15, 0.2) is 36.4 Å². The number of nitrogens with zero attached hydrogens (tertiary/aromatic N) is 3. The van der Waals surface area contributed by atoms with E-state index >= 15 is 0 Å². The van der Waals surface area contributed by atoms with Crippen molar-refractivity contribution in [3.63, 3.8) is 0 Å². The molecule has 1 fully saturated rings. The first-order chi connectivity index (χ1) is 14.1. The minimum Gasteiger partial charge on any atom is -0.368 e. The van der Waals surface area contributed by atoms with Gasteiger partial charge in [0, 0.05) is 41.9 Å². The molecule has 3 rings (SSSR count). The third kappa shape index (κ3) is 5.32. The minimum absolute atomic E-state index is 0.168. The van der Waals surface area contributed by atoms with Crippen LogP contribution >= 0.6 is 34.8 Å². The summed E-state index contributed by atoms with van der Waals surface area (Å²) in [6.07, 6.45) is 1.05. The molecule has 1 heterocycles. The molecule has 0 bridgehead atoms. The van der Waals surface area contributed by atoms with Crippen molar-refractivity contribution in [1.29, 1.82) is 0 Å². The lowest BCUT2D eigenvalue weighted by Gasteiger charge is -2.37. The third-order valence-corrected chi connectivity index (χ3v) is 6.90. The molecule has 2 aromatic rings. The van der Waals surface area contributed by atoms with Crippen LogP contribution in [0.3, 0.4) is 0 Å². The molecular weight excluding hydrogens is 469 g/mol. The molecule has 0 aromatic heterocycles. The number of piperazine rings is 1. The Morgan fingerprint density at radius 1 is 1.00 bits per heavy atom. The van der Waals surface area contributed by atoms with Crippen LogP contribution in [0.25, 0.3) is 0 Å². The van der Waals surface area contributed by atoms with E-state index < -0.39 is 10.0 Å². The van der Waals surface area contributed by atoms with E-state index in [2.05, 4.69) is 4.90 Å². The Balaban J connectivity index is 1.71. The topological polar surface area (TPSA) is 60.9 Å². The molecule has 2 aromatic carbocycles. The molecule has 0 unspecified atom stereocenters. The van der Waals surface area contributed by atoms with E-state index in [0.717, 1.165) is 21.8 Å². The number of halogens is 3. The summed E-state index contributed by atoms with van der Waals surface area (Å²) in [6, 6.07) is 10.2. The zero-order valence-corrected chi connectivity index (χ0v) is 19.7. The van der Waals surface area contributed by atoms with E-state index in [1.165, 1.54) is 18.2 Å². The number of sulfonamides is 1. The van der Waals surface area contributed by atoms with E-state index in [-0.39, 0.29) is 23.2 Å². The van der Waals surface area contributed by atoms with Gasteiger partial charge in [-0.25, -0.2) is 8.42 Å². The monoisotopic (exact) mass is 489 g/mol. The Kier molecular flexibility index (Phi) is 7.07. The summed E-state index contributed by atoms with van der Waals surface area (Å²) in [4.78, 5) is 16.7. The molecule has 0 spiro atoms. The number of amides is 1. The second kappa shape index (κ2) is 9.22. The fourth-order valence-electron chi connectivity index (χ4n) is 3.41. The van der Waals surface area contributed by atoms with Crippen molar-refractivity contribution >= 4 is 62.1 Å². The van der Waals surface area contributed by atoms with Crippen molar-refractivity contribution in [1.82, 2.24) is 4.90 Å². The van der Waals surface area contributed by atoms with Gasteiger partial charge in [0.2, 0.25) is 15.9 Å². The summed E-state index contributed by atoms with van der Waals surface area (Å²) in [5.41, 5.74) is 2.38. The second-order valence-electron chi connectivity index (χ2n) is 7.16. The van der Waals surface area contributed by atoms with Crippen LogP contribution in [0.1, 0.15) is 5.56 Å². The van der Waals surface area contributed by atoms with E-state index in [9.17, 15) is 13.2 Å². The van der Waals surface area contributed by atoms with Crippen molar-refractivity contribution in [2.45, 2.75) is 6.92 Å². The summed E-state index contributed by atoms with van der Waals surface area (Å²) in [5.74, 6) is -0.283. The highest BCUT2D eigenvalue weighted by atomic mass is 35.5. The van der Waals surface area contributed by atoms with Gasteiger partial charge in [-0.1, -0.05) is 40.9 Å². The number of carbonyl (C=O) groups excluding carboxylic acids is 1. The van der Waals surface area contributed by atoms with Crippen LogP contribution in [0, 0.1) is 6.92 Å². The SMILES string of the molecule is Cc1ccc(Cl)cc1N1CCN(C(=O)CN(c2ccc(Cl)cc2Cl)S(C)(=O)=O)CC1. The Morgan fingerprint density at radius 2 is 1.60 bits per heavy atom. The van der Waals surface area contributed by atoms with E-state index in [0.29, 0.717) is 36.2 Å². The van der Waals surface area contributed by atoms with Crippen LogP contribution in [-0.4, -0.2) is 58.2 Å². The van der Waals surface area contributed by atoms with Gasteiger partial charge in [0.05, 0.1) is 17.0 Å². The molecule has 0 atom stereocenters. The first-order valence-corrected chi connectivity index (χ1v) is 12.3. The zero-order valence-electron chi connectivity index (χ0n) is 16.6. The van der Waals surface area contributed by atoms with Gasteiger partial charge in [-0.05, 0) is 42.8 Å². The maximum absolute atomic E-state index is 12.9. The fourth-order valence-corrected chi connectivity index (χ4v) is 5.00. The number of aryl methyl sites for hydroxylation is 1. The van der Waals surface area contributed by atoms with E-state index in [4.69, 9.17) is 34.8 Å². The fraction of sp³-hybridized carbons (Fsp3) is 0.350. The molecule has 1 aliphatic heterocycles. The first-order valence-electron chi connectivity index (χ1n) is 9.28. The number of hydrogen-bond donors (Lipinski definition) is 0. The highest BCUT2D eigenvalue weighted by molar-refractivity contribution is 7.92. The molecule has 0 aliphatic carbocycles. The van der Waals surface area contributed by atoms with Crippen LogP contribution < -0.4 is 9.21 Å². The normalized spacial score (nSPS) is 14.7. The minimum atomic E-state index is -3.72. The van der Waals surface area contributed by atoms with Gasteiger partial charge in [0.25, 0.3) is 0 Å². The predicted octanol–water partition coefficient (Wildman–Crippen LogP) is 4.07. The van der Waals surface area contributed by atoms with Gasteiger partial charge in [0.15, 0.2) is 0 Å². The summed E-state index contributed by atoms with van der Waals surface area (Å²) >= 11 is 18.2. The number of anilines is 2. The highest BCUT2D eigenvalue weighted by Crippen LogP contribution is 2.30. The Morgan fingerprint density at radius 3 is 2.20 bits per heavy atom. The Bertz CT molecular complexity index is 1050. The number of carbonyl (C=O) groups is 1. The molecule has 1 amide bonds. The highest BCUT2D eigenvalue weighted by Gasteiger charge is 2.28. The van der Waals surface area contributed by atoms with Gasteiger partial charge in [-0.15, -0.1) is 0 Å². The Labute approximate surface area is 192 Å². The molecular formula is C20H22Cl3N3O3S. The molecule has 10 heteroatoms. The number of hydrogen-bond acceptors (Lipinski definition) is 4. The molecule has 0 N–H and O–H groups in total. The van der Waals surface area contributed by atoms with Crippen molar-refractivity contribution in [2.24, 2.45) is 0 Å². The second-order valence-corrected chi connectivity index (χ2v) is 10.4. The smallest absolute Gasteiger partial charge is 0.243 e. The van der Waals surface area contributed by atoms with E-state index in [1.54, 1.807) is 4.90 Å². The summed E-state index contributed by atoms with van der Waals surface area (Å²) in [7, 11) is -3.72. The first kappa shape index (κ1) is 23.0. The van der Waals surface area contributed by atoms with Crippen molar-refractivity contribution in [3.05, 3.63) is 57.0 Å². The average Bonchev–Trinajstić information content (AvgIpc) is 2.68. The molecule has 0 radical (unpaired) electrons. The van der Waals surface area contributed by atoms with Crippen LogP contribution in [-0.2, 0) is 14.8 Å². The van der Waals surface area contributed by atoms with Gasteiger partial charge < -0.3 is 9.80 Å². The molecule has 162 valence electrons. The van der Waals surface area contributed by atoms with Crippen LogP contribution in [0.4, 0.5) is 11.4 Å². The molecule has 30 heavy (non-hydrogen) atoms. The lowest BCUT2D eigenvalue weighted by atomic mass is 10.1. The lowest BCUT2D eigenvalue weighted by molar-refractivity contribution is -0.129. The number of rotatable bonds is 5. The average molecular weight is 491 g/mol. The zero-order chi connectivity index (χ0) is 22.1. The summed E-state index contributed by atoms with van der Waals surface area (Å²) in [5, 5.41) is 1.22. The standard InChI is InChI=1S/C20H22Cl3N3O3S/c1-14-3-4-16(22)12-19(14)24-7-9-25(10-8-24)20(27)13-26(30(2,28)29)18-6-5-15(21)11-17(18)23/h3-6,11-12H,7-10,13H2,1-2H3. The largest absolute Gasteiger partial charge is 0.368 e.